The fourth-order valence-electron chi connectivity index (χ4n) is 2.71. The van der Waals surface area contributed by atoms with Crippen molar-refractivity contribution in [2.24, 2.45) is 7.05 Å². The van der Waals surface area contributed by atoms with E-state index in [0.29, 0.717) is 0 Å². The van der Waals surface area contributed by atoms with Crippen molar-refractivity contribution in [1.82, 2.24) is 19.7 Å². The zero-order chi connectivity index (χ0) is 16.4. The monoisotopic (exact) mass is 310 g/mol. The molecule has 0 spiro atoms. The number of aromatic nitrogens is 4. The third-order valence-corrected chi connectivity index (χ3v) is 3.80. The van der Waals surface area contributed by atoms with Gasteiger partial charge in [0.1, 0.15) is 0 Å². The lowest BCUT2D eigenvalue weighted by molar-refractivity contribution is 0.788. The van der Waals surface area contributed by atoms with Crippen LogP contribution in [0.5, 0.6) is 0 Å². The molecule has 0 fully saturated rings. The third-order valence-electron chi connectivity index (χ3n) is 3.80. The van der Waals surface area contributed by atoms with Gasteiger partial charge in [0.15, 0.2) is 0 Å². The summed E-state index contributed by atoms with van der Waals surface area (Å²) in [7, 11) is 1.96. The highest BCUT2D eigenvalue weighted by atomic mass is 15.3. The Morgan fingerprint density at radius 1 is 0.875 bits per heavy atom. The van der Waals surface area contributed by atoms with Gasteiger partial charge in [-0.1, -0.05) is 11.8 Å². The van der Waals surface area contributed by atoms with Crippen molar-refractivity contribution in [2.75, 3.05) is 0 Å². The first-order valence-electron chi connectivity index (χ1n) is 7.60. The normalized spacial score (nSPS) is 10.4. The van der Waals surface area contributed by atoms with Gasteiger partial charge in [0.25, 0.3) is 0 Å². The van der Waals surface area contributed by atoms with Gasteiger partial charge in [-0.2, -0.15) is 5.10 Å². The first-order valence-corrected chi connectivity index (χ1v) is 7.60. The molecule has 1 aromatic carbocycles. The van der Waals surface area contributed by atoms with Crippen LogP contribution in [0.2, 0.25) is 0 Å². The summed E-state index contributed by atoms with van der Waals surface area (Å²) < 4.78 is 1.90. The molecular weight excluding hydrogens is 296 g/mol. The Hall–Kier alpha value is -3.45. The summed E-state index contributed by atoms with van der Waals surface area (Å²) >= 11 is 0. The molecule has 0 bridgehead atoms. The summed E-state index contributed by atoms with van der Waals surface area (Å²) in [5, 5.41) is 5.67. The van der Waals surface area contributed by atoms with Crippen LogP contribution in [0.3, 0.4) is 0 Å². The van der Waals surface area contributed by atoms with Gasteiger partial charge < -0.3 is 0 Å². The predicted molar refractivity (Wildman–Crippen MR) is 94.2 cm³/mol. The fourth-order valence-corrected chi connectivity index (χ4v) is 2.71. The van der Waals surface area contributed by atoms with Gasteiger partial charge in [0.05, 0.1) is 11.2 Å². The van der Waals surface area contributed by atoms with Gasteiger partial charge in [-0.25, -0.2) is 0 Å². The van der Waals surface area contributed by atoms with E-state index < -0.39 is 0 Å². The van der Waals surface area contributed by atoms with E-state index >= 15 is 0 Å². The lowest BCUT2D eigenvalue weighted by Crippen LogP contribution is -1.93. The van der Waals surface area contributed by atoms with Crippen LogP contribution in [-0.4, -0.2) is 19.7 Å². The van der Waals surface area contributed by atoms with E-state index in [4.69, 9.17) is 0 Å². The van der Waals surface area contributed by atoms with Crippen LogP contribution in [0.4, 0.5) is 0 Å². The molecule has 4 heteroatoms. The van der Waals surface area contributed by atoms with Gasteiger partial charge >= 0.3 is 0 Å². The largest absolute Gasteiger partial charge is 0.267 e. The number of hydrogen-bond donors (Lipinski definition) is 0. The molecule has 24 heavy (non-hydrogen) atoms. The first-order chi connectivity index (χ1) is 11.8. The second-order valence-corrected chi connectivity index (χ2v) is 5.43. The molecule has 0 atom stereocenters. The van der Waals surface area contributed by atoms with Crippen molar-refractivity contribution >= 4 is 10.9 Å². The maximum absolute atomic E-state index is 4.59. The van der Waals surface area contributed by atoms with E-state index in [-0.39, 0.29) is 0 Å². The second-order valence-electron chi connectivity index (χ2n) is 5.43. The minimum absolute atomic E-state index is 0.901. The average Bonchev–Trinajstić information content (AvgIpc) is 2.96. The molecule has 4 nitrogen and oxygen atoms in total. The molecule has 0 radical (unpaired) electrons. The van der Waals surface area contributed by atoms with E-state index in [1.54, 1.807) is 24.8 Å². The average molecular weight is 310 g/mol. The van der Waals surface area contributed by atoms with Crippen LogP contribution < -0.4 is 0 Å². The molecule has 0 saturated carbocycles. The molecule has 0 saturated heterocycles. The highest BCUT2D eigenvalue weighted by Crippen LogP contribution is 2.28. The van der Waals surface area contributed by atoms with Crippen LogP contribution in [0.15, 0.2) is 67.3 Å². The van der Waals surface area contributed by atoms with Gasteiger partial charge in [-0.15, -0.1) is 0 Å². The number of fused-ring (bicyclic) bond motifs is 1. The van der Waals surface area contributed by atoms with Crippen molar-refractivity contribution in [3.8, 4) is 23.1 Å². The van der Waals surface area contributed by atoms with Gasteiger partial charge in [-0.05, 0) is 42.5 Å². The van der Waals surface area contributed by atoms with Crippen LogP contribution in [0.1, 0.15) is 11.1 Å². The molecule has 0 N–H and O–H groups in total. The smallest absolute Gasteiger partial charge is 0.0930 e. The lowest BCUT2D eigenvalue weighted by Gasteiger charge is -2.02. The SMILES string of the molecule is Cn1nc2ccc(C#Cc3cccnc3)cc2c1-c1ccncc1. The van der Waals surface area contributed by atoms with Crippen molar-refractivity contribution in [2.45, 2.75) is 0 Å². The van der Waals surface area contributed by atoms with E-state index in [1.165, 1.54) is 0 Å². The quantitative estimate of drug-likeness (QED) is 0.506. The molecule has 0 aliphatic carbocycles. The Morgan fingerprint density at radius 3 is 2.50 bits per heavy atom. The fraction of sp³-hybridized carbons (Fsp3) is 0.0500. The van der Waals surface area contributed by atoms with Crippen LogP contribution in [-0.2, 0) is 7.05 Å². The van der Waals surface area contributed by atoms with E-state index in [1.807, 2.05) is 48.1 Å². The number of hydrogen-bond acceptors (Lipinski definition) is 3. The molecular formula is C20H14N4. The number of rotatable bonds is 1. The van der Waals surface area contributed by atoms with E-state index in [0.717, 1.165) is 33.3 Å². The van der Waals surface area contributed by atoms with Crippen LogP contribution in [0.25, 0.3) is 22.2 Å². The number of nitrogens with zero attached hydrogens (tertiary/aromatic N) is 4. The summed E-state index contributed by atoms with van der Waals surface area (Å²) in [5.41, 5.74) is 4.97. The molecule has 0 aliphatic rings. The molecule has 0 amide bonds. The first kappa shape index (κ1) is 14.2. The van der Waals surface area contributed by atoms with Gasteiger partial charge in [-0.3, -0.25) is 14.6 Å². The molecule has 0 unspecified atom stereocenters. The zero-order valence-corrected chi connectivity index (χ0v) is 13.1. The minimum atomic E-state index is 0.901. The van der Waals surface area contributed by atoms with Crippen molar-refractivity contribution in [1.29, 1.82) is 0 Å². The third kappa shape index (κ3) is 2.64. The summed E-state index contributed by atoms with van der Waals surface area (Å²) in [5.74, 6) is 6.34. The summed E-state index contributed by atoms with van der Waals surface area (Å²) in [6, 6.07) is 13.9. The Balaban J connectivity index is 1.82. The Kier molecular flexibility index (Phi) is 3.53. The number of benzene rings is 1. The summed E-state index contributed by atoms with van der Waals surface area (Å²) in [6.07, 6.45) is 7.09. The predicted octanol–water partition coefficient (Wildman–Crippen LogP) is 3.43. The Labute approximate surface area is 139 Å². The number of pyridine rings is 2. The van der Waals surface area contributed by atoms with E-state index in [2.05, 4.69) is 33.0 Å². The maximum Gasteiger partial charge on any atom is 0.0930 e. The molecule has 4 rings (SSSR count). The lowest BCUT2D eigenvalue weighted by atomic mass is 10.1. The molecule has 3 heterocycles. The molecule has 0 aliphatic heterocycles. The van der Waals surface area contributed by atoms with Crippen LogP contribution >= 0.6 is 0 Å². The Morgan fingerprint density at radius 2 is 1.71 bits per heavy atom. The van der Waals surface area contributed by atoms with Gasteiger partial charge in [0, 0.05) is 53.9 Å². The number of aryl methyl sites for hydroxylation is 1. The Bertz CT molecular complexity index is 1050. The molecule has 114 valence electrons. The van der Waals surface area contributed by atoms with Crippen molar-refractivity contribution in [3.05, 3.63) is 78.4 Å². The highest BCUT2D eigenvalue weighted by molar-refractivity contribution is 5.94. The topological polar surface area (TPSA) is 43.6 Å². The van der Waals surface area contributed by atoms with E-state index in [9.17, 15) is 0 Å². The standard InChI is InChI=1S/C20H14N4/c1-24-20(17-8-11-21-12-9-17)18-13-15(6-7-19(18)23-24)4-5-16-3-2-10-22-14-16/h2-3,6-14H,1H3. The second kappa shape index (κ2) is 5.98. The summed E-state index contributed by atoms with van der Waals surface area (Å²) in [6.45, 7) is 0. The highest BCUT2D eigenvalue weighted by Gasteiger charge is 2.11. The van der Waals surface area contributed by atoms with Crippen molar-refractivity contribution < 1.29 is 0 Å². The maximum atomic E-state index is 4.59. The minimum Gasteiger partial charge on any atom is -0.267 e. The van der Waals surface area contributed by atoms with Crippen LogP contribution in [0, 0.1) is 11.8 Å². The van der Waals surface area contributed by atoms with Crippen molar-refractivity contribution in [3.63, 3.8) is 0 Å². The summed E-state index contributed by atoms with van der Waals surface area (Å²) in [4.78, 5) is 8.17. The van der Waals surface area contributed by atoms with Gasteiger partial charge in [0.2, 0.25) is 0 Å². The zero-order valence-electron chi connectivity index (χ0n) is 13.1. The molecule has 4 aromatic rings. The molecule has 3 aromatic heterocycles.